The molecule has 0 radical (unpaired) electrons. The molecule has 0 heterocycles. The van der Waals surface area contributed by atoms with E-state index >= 15 is 0 Å². The maximum absolute atomic E-state index is 10.2. The molecule has 70 valence electrons. The molecule has 6 nitrogen and oxygen atoms in total. The summed E-state index contributed by atoms with van der Waals surface area (Å²) in [6.45, 7) is -1.16. The van der Waals surface area contributed by atoms with Crippen LogP contribution in [0, 0.1) is 0 Å². The summed E-state index contributed by atoms with van der Waals surface area (Å²) in [4.78, 5) is 13.5. The summed E-state index contributed by atoms with van der Waals surface area (Å²) in [6.07, 6.45) is -0.298. The highest BCUT2D eigenvalue weighted by Gasteiger charge is 2.13. The predicted molar refractivity (Wildman–Crippen MR) is 40.1 cm³/mol. The van der Waals surface area contributed by atoms with Crippen molar-refractivity contribution in [3.63, 3.8) is 0 Å². The Morgan fingerprint density at radius 2 is 2.00 bits per heavy atom. The number of carboxylic acid groups (broad SMARTS) is 1. The molecule has 0 aromatic carbocycles. The summed E-state index contributed by atoms with van der Waals surface area (Å²) in [5.74, 6) is -1.28. The maximum Gasteiger partial charge on any atom is 0.330 e. The van der Waals surface area contributed by atoms with Gasteiger partial charge in [0.05, 0.1) is 13.2 Å². The van der Waals surface area contributed by atoms with Crippen molar-refractivity contribution in [2.75, 3.05) is 13.2 Å². The third kappa shape index (κ3) is 4.02. The largest absolute Gasteiger partial charge is 0.480 e. The molecular formula is C6H11NO5. The van der Waals surface area contributed by atoms with E-state index in [9.17, 15) is 4.79 Å². The minimum atomic E-state index is -1.28. The smallest absolute Gasteiger partial charge is 0.330 e. The molecule has 6 heteroatoms. The van der Waals surface area contributed by atoms with Crippen LogP contribution in [0.3, 0.4) is 0 Å². The first-order chi connectivity index (χ1) is 5.61. The van der Waals surface area contributed by atoms with Crippen LogP contribution in [0.15, 0.2) is 4.99 Å². The fourth-order valence-corrected chi connectivity index (χ4v) is 0.439. The standard InChI is InChI=1S/C6H11NO5/c8-2-4(10)1-7-5(3-9)6(11)12/h1,4-5,8-10H,2-3H2,(H,11,12)/t4?,5-/m0/s1. The molecule has 0 amide bonds. The van der Waals surface area contributed by atoms with Gasteiger partial charge in [0, 0.05) is 6.21 Å². The maximum atomic E-state index is 10.2. The molecule has 0 aliphatic rings. The fraction of sp³-hybridized carbons (Fsp3) is 0.667. The van der Waals surface area contributed by atoms with Gasteiger partial charge in [-0.2, -0.15) is 0 Å². The van der Waals surface area contributed by atoms with Crippen molar-refractivity contribution in [3.05, 3.63) is 0 Å². The predicted octanol–water partition coefficient (Wildman–Crippen LogP) is -2.14. The molecule has 0 aromatic heterocycles. The van der Waals surface area contributed by atoms with E-state index in [0.29, 0.717) is 0 Å². The lowest BCUT2D eigenvalue weighted by atomic mass is 10.3. The van der Waals surface area contributed by atoms with Gasteiger partial charge in [0.1, 0.15) is 6.10 Å². The van der Waals surface area contributed by atoms with Crippen LogP contribution in [0.1, 0.15) is 0 Å². The molecule has 0 spiro atoms. The van der Waals surface area contributed by atoms with Crippen molar-refractivity contribution in [1.82, 2.24) is 0 Å². The molecule has 0 saturated heterocycles. The van der Waals surface area contributed by atoms with E-state index in [1.807, 2.05) is 0 Å². The van der Waals surface area contributed by atoms with Gasteiger partial charge in [0.2, 0.25) is 0 Å². The topological polar surface area (TPSA) is 110 Å². The number of aliphatic hydroxyl groups is 3. The second kappa shape index (κ2) is 5.64. The number of carboxylic acids is 1. The van der Waals surface area contributed by atoms with Crippen LogP contribution in [0.2, 0.25) is 0 Å². The third-order valence-corrected chi connectivity index (χ3v) is 1.08. The molecule has 0 saturated carbocycles. The van der Waals surface area contributed by atoms with E-state index in [-0.39, 0.29) is 0 Å². The zero-order valence-corrected chi connectivity index (χ0v) is 6.29. The van der Waals surface area contributed by atoms with E-state index in [1.54, 1.807) is 0 Å². The molecule has 0 aliphatic heterocycles. The summed E-state index contributed by atoms with van der Waals surface area (Å²) in [6, 6.07) is -1.27. The molecule has 0 rings (SSSR count). The second-order valence-corrected chi connectivity index (χ2v) is 2.08. The third-order valence-electron chi connectivity index (χ3n) is 1.08. The average molecular weight is 177 g/mol. The Hall–Kier alpha value is -0.980. The van der Waals surface area contributed by atoms with Gasteiger partial charge in [-0.1, -0.05) is 0 Å². The van der Waals surface area contributed by atoms with Crippen LogP contribution in [0.5, 0.6) is 0 Å². The van der Waals surface area contributed by atoms with Crippen LogP contribution in [-0.2, 0) is 4.79 Å². The first kappa shape index (κ1) is 11.0. The second-order valence-electron chi connectivity index (χ2n) is 2.08. The number of nitrogens with zero attached hydrogens (tertiary/aromatic N) is 1. The normalized spacial score (nSPS) is 16.2. The lowest BCUT2D eigenvalue weighted by molar-refractivity contribution is -0.139. The highest BCUT2D eigenvalue weighted by atomic mass is 16.4. The van der Waals surface area contributed by atoms with Crippen molar-refractivity contribution in [2.45, 2.75) is 12.1 Å². The van der Waals surface area contributed by atoms with Gasteiger partial charge in [-0.3, -0.25) is 4.99 Å². The molecule has 0 aromatic rings. The van der Waals surface area contributed by atoms with Crippen molar-refractivity contribution in [2.24, 2.45) is 4.99 Å². The summed E-state index contributed by atoms with van der Waals surface area (Å²) in [5.41, 5.74) is 0. The molecule has 0 bridgehead atoms. The number of carbonyl (C=O) groups is 1. The lowest BCUT2D eigenvalue weighted by Crippen LogP contribution is -2.24. The average Bonchev–Trinajstić information content (AvgIpc) is 2.04. The number of hydrogen-bond donors (Lipinski definition) is 4. The van der Waals surface area contributed by atoms with Crippen LogP contribution in [0.25, 0.3) is 0 Å². The van der Waals surface area contributed by atoms with Crippen molar-refractivity contribution < 1.29 is 25.2 Å². The fourth-order valence-electron chi connectivity index (χ4n) is 0.439. The van der Waals surface area contributed by atoms with Gasteiger partial charge in [-0.05, 0) is 0 Å². The Labute approximate surface area is 68.8 Å². The van der Waals surface area contributed by atoms with Gasteiger partial charge < -0.3 is 20.4 Å². The Morgan fingerprint density at radius 1 is 1.42 bits per heavy atom. The molecule has 1 unspecified atom stereocenters. The van der Waals surface area contributed by atoms with Gasteiger partial charge >= 0.3 is 5.97 Å². The quantitative estimate of drug-likeness (QED) is 0.358. The molecule has 0 fully saturated rings. The van der Waals surface area contributed by atoms with Gasteiger partial charge in [-0.15, -0.1) is 0 Å². The monoisotopic (exact) mass is 177 g/mol. The van der Waals surface area contributed by atoms with E-state index in [4.69, 9.17) is 20.4 Å². The lowest BCUT2D eigenvalue weighted by Gasteiger charge is -2.03. The number of hydrogen-bond acceptors (Lipinski definition) is 5. The number of aliphatic hydroxyl groups excluding tert-OH is 3. The van der Waals surface area contributed by atoms with Gasteiger partial charge in [0.15, 0.2) is 6.04 Å². The number of aliphatic imine (C=N–C) groups is 1. The van der Waals surface area contributed by atoms with Gasteiger partial charge in [0.25, 0.3) is 0 Å². The summed E-state index contributed by atoms with van der Waals surface area (Å²) < 4.78 is 0. The zero-order valence-electron chi connectivity index (χ0n) is 6.29. The summed E-state index contributed by atoms with van der Waals surface area (Å²) in [7, 11) is 0. The van der Waals surface area contributed by atoms with E-state index in [2.05, 4.69) is 4.99 Å². The van der Waals surface area contributed by atoms with Crippen LogP contribution >= 0.6 is 0 Å². The Balaban J connectivity index is 4.01. The van der Waals surface area contributed by atoms with E-state index in [1.165, 1.54) is 0 Å². The van der Waals surface area contributed by atoms with Crippen LogP contribution in [0.4, 0.5) is 0 Å². The minimum absolute atomic E-state index is 0.527. The highest BCUT2D eigenvalue weighted by molar-refractivity contribution is 5.76. The molecule has 0 aliphatic carbocycles. The van der Waals surface area contributed by atoms with Crippen LogP contribution in [-0.4, -0.2) is 58.0 Å². The Morgan fingerprint density at radius 3 is 2.33 bits per heavy atom. The molecule has 4 N–H and O–H groups in total. The SMILES string of the molecule is O=C(O)[C@H](CO)N=CC(O)CO. The Kier molecular flexibility index (Phi) is 5.18. The number of rotatable bonds is 5. The van der Waals surface area contributed by atoms with Crippen LogP contribution < -0.4 is 0 Å². The minimum Gasteiger partial charge on any atom is -0.480 e. The first-order valence-electron chi connectivity index (χ1n) is 3.27. The highest BCUT2D eigenvalue weighted by Crippen LogP contribution is 1.89. The number of aliphatic carboxylic acids is 1. The molecule has 2 atom stereocenters. The van der Waals surface area contributed by atoms with E-state index < -0.39 is 31.3 Å². The van der Waals surface area contributed by atoms with E-state index in [0.717, 1.165) is 6.21 Å². The first-order valence-corrected chi connectivity index (χ1v) is 3.27. The summed E-state index contributed by atoms with van der Waals surface area (Å²) >= 11 is 0. The molecular weight excluding hydrogens is 166 g/mol. The van der Waals surface area contributed by atoms with Crippen molar-refractivity contribution in [3.8, 4) is 0 Å². The zero-order chi connectivity index (χ0) is 9.56. The Bertz CT molecular complexity index is 169. The molecule has 12 heavy (non-hydrogen) atoms. The van der Waals surface area contributed by atoms with Crippen molar-refractivity contribution in [1.29, 1.82) is 0 Å². The van der Waals surface area contributed by atoms with Crippen molar-refractivity contribution >= 4 is 12.2 Å². The van der Waals surface area contributed by atoms with Gasteiger partial charge in [-0.25, -0.2) is 4.79 Å². The summed E-state index contributed by atoms with van der Waals surface area (Å²) in [5, 5.41) is 33.8.